The number of hydrogen-bond acceptors (Lipinski definition) is 4. The number of rotatable bonds is 2. The Kier molecular flexibility index (Phi) is 3.69. The van der Waals surface area contributed by atoms with Crippen LogP contribution in [0.2, 0.25) is 0 Å². The number of phenolic OH excluding ortho intramolecular Hbond substituents is 1. The monoisotopic (exact) mass is 269 g/mol. The Morgan fingerprint density at radius 2 is 2.33 bits per heavy atom. The Morgan fingerprint density at radius 3 is 2.87 bits per heavy atom. The van der Waals surface area contributed by atoms with Crippen LogP contribution in [0.1, 0.15) is 11.1 Å². The minimum Gasteiger partial charge on any atom is -0.508 e. The van der Waals surface area contributed by atoms with E-state index in [0.717, 1.165) is 0 Å². The number of hydrogen-bond donors (Lipinski definition) is 1. The van der Waals surface area contributed by atoms with E-state index in [0.29, 0.717) is 15.6 Å². The first kappa shape index (κ1) is 11.5. The summed E-state index contributed by atoms with van der Waals surface area (Å²) >= 11 is 3.16. The van der Waals surface area contributed by atoms with Gasteiger partial charge in [0.1, 0.15) is 11.8 Å². The van der Waals surface area contributed by atoms with Gasteiger partial charge in [-0.25, -0.2) is 0 Å². The quantitative estimate of drug-likeness (QED) is 0.831. The molecule has 0 saturated heterocycles. The summed E-state index contributed by atoms with van der Waals surface area (Å²) in [5.41, 5.74) is 0.729. The van der Waals surface area contributed by atoms with Crippen molar-refractivity contribution in [2.45, 2.75) is 6.42 Å². The molecule has 0 aliphatic heterocycles. The largest absolute Gasteiger partial charge is 0.508 e. The Morgan fingerprint density at radius 1 is 1.67 bits per heavy atom. The lowest BCUT2D eigenvalue weighted by molar-refractivity contribution is -0.139. The van der Waals surface area contributed by atoms with Crippen LogP contribution in [0.5, 0.6) is 5.75 Å². The number of carbonyl (C=O) groups is 1. The molecule has 4 nitrogen and oxygen atoms in total. The number of benzene rings is 1. The fourth-order valence-electron chi connectivity index (χ4n) is 1.08. The number of halogens is 1. The maximum atomic E-state index is 11.0. The van der Waals surface area contributed by atoms with Crippen LogP contribution in [0.25, 0.3) is 0 Å². The molecule has 0 radical (unpaired) electrons. The van der Waals surface area contributed by atoms with Crippen molar-refractivity contribution in [3.8, 4) is 11.8 Å². The van der Waals surface area contributed by atoms with E-state index in [9.17, 15) is 9.90 Å². The van der Waals surface area contributed by atoms with Crippen molar-refractivity contribution in [1.29, 1.82) is 5.26 Å². The molecule has 0 amide bonds. The number of nitriles is 1. The smallest absolute Gasteiger partial charge is 0.310 e. The molecule has 0 fully saturated rings. The van der Waals surface area contributed by atoms with Crippen LogP contribution < -0.4 is 0 Å². The first-order chi connectivity index (χ1) is 7.10. The van der Waals surface area contributed by atoms with Crippen LogP contribution in [0, 0.1) is 11.3 Å². The lowest BCUT2D eigenvalue weighted by atomic mass is 10.1. The van der Waals surface area contributed by atoms with Gasteiger partial charge in [0, 0.05) is 10.0 Å². The topological polar surface area (TPSA) is 70.3 Å². The molecule has 0 heterocycles. The standard InChI is InChI=1S/C10H8BrNO3/c1-15-9(14)4-7-8(13)3-2-6(5-12)10(7)11/h2-3,13H,4H2,1H3. The predicted molar refractivity (Wildman–Crippen MR) is 56.2 cm³/mol. The molecule has 1 N–H and O–H groups in total. The molecule has 5 heteroatoms. The van der Waals surface area contributed by atoms with Crippen LogP contribution >= 0.6 is 15.9 Å². The minimum absolute atomic E-state index is 0.0359. The zero-order chi connectivity index (χ0) is 11.4. The van der Waals surface area contributed by atoms with E-state index in [2.05, 4.69) is 20.7 Å². The van der Waals surface area contributed by atoms with Crippen molar-refractivity contribution < 1.29 is 14.6 Å². The molecule has 0 saturated carbocycles. The molecule has 78 valence electrons. The number of nitrogens with zero attached hydrogens (tertiary/aromatic N) is 1. The van der Waals surface area contributed by atoms with E-state index in [4.69, 9.17) is 5.26 Å². The Labute approximate surface area is 95.2 Å². The third-order valence-corrected chi connectivity index (χ3v) is 2.79. The van der Waals surface area contributed by atoms with Crippen LogP contribution in [-0.2, 0) is 16.0 Å². The van der Waals surface area contributed by atoms with Crippen LogP contribution in [0.3, 0.4) is 0 Å². The van der Waals surface area contributed by atoms with Crippen LogP contribution in [0.4, 0.5) is 0 Å². The zero-order valence-electron chi connectivity index (χ0n) is 7.95. The first-order valence-electron chi connectivity index (χ1n) is 4.07. The summed E-state index contributed by atoms with van der Waals surface area (Å²) in [7, 11) is 1.27. The SMILES string of the molecule is COC(=O)Cc1c(O)ccc(C#N)c1Br. The van der Waals surface area contributed by atoms with Gasteiger partial charge in [0.05, 0.1) is 19.1 Å². The van der Waals surface area contributed by atoms with Crippen molar-refractivity contribution in [2.24, 2.45) is 0 Å². The highest BCUT2D eigenvalue weighted by Crippen LogP contribution is 2.29. The summed E-state index contributed by atoms with van der Waals surface area (Å²) in [5, 5.41) is 18.3. The van der Waals surface area contributed by atoms with Gasteiger partial charge in [0.25, 0.3) is 0 Å². The van der Waals surface area contributed by atoms with Crippen molar-refractivity contribution >= 4 is 21.9 Å². The Hall–Kier alpha value is -1.54. The highest BCUT2D eigenvalue weighted by atomic mass is 79.9. The second-order valence-corrected chi connectivity index (χ2v) is 3.58. The van der Waals surface area contributed by atoms with Gasteiger partial charge >= 0.3 is 5.97 Å². The van der Waals surface area contributed by atoms with Gasteiger partial charge in [0.15, 0.2) is 0 Å². The van der Waals surface area contributed by atoms with E-state index in [-0.39, 0.29) is 12.2 Å². The lowest BCUT2D eigenvalue weighted by Gasteiger charge is -2.07. The number of carbonyl (C=O) groups excluding carboxylic acids is 1. The summed E-state index contributed by atoms with van der Waals surface area (Å²) in [6, 6.07) is 4.79. The molecule has 1 rings (SSSR count). The van der Waals surface area contributed by atoms with Crippen molar-refractivity contribution in [3.05, 3.63) is 27.7 Å². The van der Waals surface area contributed by atoms with Crippen LogP contribution in [0.15, 0.2) is 16.6 Å². The number of methoxy groups -OCH3 is 1. The average molecular weight is 270 g/mol. The van der Waals surface area contributed by atoms with Gasteiger partial charge in [-0.05, 0) is 28.1 Å². The van der Waals surface area contributed by atoms with Crippen molar-refractivity contribution in [3.63, 3.8) is 0 Å². The van der Waals surface area contributed by atoms with E-state index < -0.39 is 5.97 Å². The van der Waals surface area contributed by atoms with Gasteiger partial charge in [0.2, 0.25) is 0 Å². The van der Waals surface area contributed by atoms with Gasteiger partial charge < -0.3 is 9.84 Å². The normalized spacial score (nSPS) is 9.40. The highest BCUT2D eigenvalue weighted by Gasteiger charge is 2.14. The fraction of sp³-hybridized carbons (Fsp3) is 0.200. The molecule has 1 aromatic rings. The van der Waals surface area contributed by atoms with Crippen molar-refractivity contribution in [1.82, 2.24) is 0 Å². The number of esters is 1. The van der Waals surface area contributed by atoms with Crippen LogP contribution in [-0.4, -0.2) is 18.2 Å². The summed E-state index contributed by atoms with van der Waals surface area (Å²) in [6.07, 6.45) is -0.0710. The van der Waals surface area contributed by atoms with Gasteiger partial charge in [-0.1, -0.05) is 0 Å². The minimum atomic E-state index is -0.471. The third kappa shape index (κ3) is 2.48. The highest BCUT2D eigenvalue weighted by molar-refractivity contribution is 9.10. The number of aromatic hydroxyl groups is 1. The average Bonchev–Trinajstić information content (AvgIpc) is 2.24. The summed E-state index contributed by atoms with van der Waals surface area (Å²) in [4.78, 5) is 11.0. The molecule has 0 aromatic heterocycles. The molecule has 15 heavy (non-hydrogen) atoms. The summed E-state index contributed by atoms with van der Waals surface area (Å²) < 4.78 is 4.91. The Bertz CT molecular complexity index is 437. The predicted octanol–water partition coefficient (Wildman–Crippen LogP) is 1.74. The molecule has 0 atom stereocenters. The molecule has 0 unspecified atom stereocenters. The molecular formula is C10H8BrNO3. The third-order valence-electron chi connectivity index (χ3n) is 1.89. The number of ether oxygens (including phenoxy) is 1. The van der Waals surface area contributed by atoms with Gasteiger partial charge in [-0.3, -0.25) is 4.79 Å². The summed E-state index contributed by atoms with van der Waals surface area (Å²) in [5.74, 6) is -0.507. The van der Waals surface area contributed by atoms with E-state index >= 15 is 0 Å². The molecule has 0 aliphatic carbocycles. The second-order valence-electron chi connectivity index (χ2n) is 2.79. The second kappa shape index (κ2) is 4.80. The number of phenols is 1. The van der Waals surface area contributed by atoms with E-state index in [1.54, 1.807) is 0 Å². The molecule has 0 spiro atoms. The van der Waals surface area contributed by atoms with Gasteiger partial charge in [-0.2, -0.15) is 5.26 Å². The maximum Gasteiger partial charge on any atom is 0.310 e. The first-order valence-corrected chi connectivity index (χ1v) is 4.86. The summed E-state index contributed by atoms with van der Waals surface area (Å²) in [6.45, 7) is 0. The van der Waals surface area contributed by atoms with E-state index in [1.807, 2.05) is 6.07 Å². The Balaban J connectivity index is 3.16. The lowest BCUT2D eigenvalue weighted by Crippen LogP contribution is -2.05. The molecule has 1 aromatic carbocycles. The van der Waals surface area contributed by atoms with Gasteiger partial charge in [-0.15, -0.1) is 0 Å². The fourth-order valence-corrected chi connectivity index (χ4v) is 1.65. The maximum absolute atomic E-state index is 11.0. The molecular weight excluding hydrogens is 262 g/mol. The molecule has 0 aliphatic rings. The van der Waals surface area contributed by atoms with Crippen molar-refractivity contribution in [2.75, 3.05) is 7.11 Å². The molecule has 0 bridgehead atoms. The zero-order valence-corrected chi connectivity index (χ0v) is 9.54. The van der Waals surface area contributed by atoms with E-state index in [1.165, 1.54) is 19.2 Å².